The number of hydrogen-bond donors (Lipinski definition) is 1. The average molecular weight is 317 g/mol. The molecule has 0 unspecified atom stereocenters. The van der Waals surface area contributed by atoms with E-state index in [0.29, 0.717) is 37.4 Å². The Labute approximate surface area is 128 Å². The number of piperazine rings is 1. The van der Waals surface area contributed by atoms with Crippen molar-refractivity contribution in [1.82, 2.24) is 19.4 Å². The highest BCUT2D eigenvalue weighted by Gasteiger charge is 2.29. The first-order valence-electron chi connectivity index (χ1n) is 6.88. The van der Waals surface area contributed by atoms with Gasteiger partial charge in [-0.05, 0) is 24.3 Å². The number of nitrogens with one attached hydrogen (secondary N) is 1. The monoisotopic (exact) mass is 317 g/mol. The first-order chi connectivity index (χ1) is 10.6. The quantitative estimate of drug-likeness (QED) is 0.881. The van der Waals surface area contributed by atoms with Crippen molar-refractivity contribution in [2.24, 2.45) is 0 Å². The molecule has 114 valence electrons. The van der Waals surface area contributed by atoms with Gasteiger partial charge in [0.2, 0.25) is 0 Å². The Bertz CT molecular complexity index is 816. The van der Waals surface area contributed by atoms with Crippen LogP contribution in [0.2, 0.25) is 0 Å². The molecule has 3 rings (SSSR count). The predicted molar refractivity (Wildman–Crippen MR) is 79.9 cm³/mol. The molecule has 0 spiro atoms. The Morgan fingerprint density at radius 2 is 2.00 bits per heavy atom. The van der Waals surface area contributed by atoms with Gasteiger partial charge in [-0.25, -0.2) is 13.1 Å². The van der Waals surface area contributed by atoms with Crippen molar-refractivity contribution in [2.45, 2.75) is 5.03 Å². The lowest BCUT2D eigenvalue weighted by Gasteiger charge is -2.26. The highest BCUT2D eigenvalue weighted by molar-refractivity contribution is 7.89. The maximum atomic E-state index is 12.8. The standard InChI is InChI=1S/C14H15N5O2S/c15-11-12-2-1-3-13(10-12)19-14(4-5-17-19)22(20,21)18-8-6-16-7-9-18/h1-5,10,16H,6-9H2. The van der Waals surface area contributed by atoms with Crippen molar-refractivity contribution in [1.29, 1.82) is 5.26 Å². The zero-order chi connectivity index (χ0) is 15.6. The highest BCUT2D eigenvalue weighted by atomic mass is 32.2. The molecule has 0 saturated carbocycles. The van der Waals surface area contributed by atoms with E-state index in [1.54, 1.807) is 24.3 Å². The topological polar surface area (TPSA) is 91.0 Å². The molecule has 1 aliphatic heterocycles. The zero-order valence-electron chi connectivity index (χ0n) is 11.8. The van der Waals surface area contributed by atoms with Gasteiger partial charge in [-0.15, -0.1) is 0 Å². The van der Waals surface area contributed by atoms with Crippen LogP contribution in [0.4, 0.5) is 0 Å². The molecular weight excluding hydrogens is 302 g/mol. The number of nitriles is 1. The summed E-state index contributed by atoms with van der Waals surface area (Å²) in [4.78, 5) is 0. The summed E-state index contributed by atoms with van der Waals surface area (Å²) in [6.07, 6.45) is 1.45. The Balaban J connectivity index is 2.03. The fourth-order valence-electron chi connectivity index (χ4n) is 2.40. The number of sulfonamides is 1. The number of hydrogen-bond acceptors (Lipinski definition) is 5. The van der Waals surface area contributed by atoms with E-state index in [2.05, 4.69) is 10.4 Å². The summed E-state index contributed by atoms with van der Waals surface area (Å²) >= 11 is 0. The lowest BCUT2D eigenvalue weighted by molar-refractivity contribution is 0.358. The van der Waals surface area contributed by atoms with E-state index in [9.17, 15) is 8.42 Å². The number of nitrogens with zero attached hydrogens (tertiary/aromatic N) is 4. The van der Waals surface area contributed by atoms with Crippen LogP contribution in [-0.2, 0) is 10.0 Å². The summed E-state index contributed by atoms with van der Waals surface area (Å²) in [7, 11) is -3.61. The fourth-order valence-corrected chi connectivity index (χ4v) is 3.94. The number of rotatable bonds is 3. The molecule has 0 aliphatic carbocycles. The van der Waals surface area contributed by atoms with Gasteiger partial charge in [0, 0.05) is 26.2 Å². The molecule has 0 radical (unpaired) electrons. The number of aromatic nitrogens is 2. The summed E-state index contributed by atoms with van der Waals surface area (Å²) in [5.41, 5.74) is 1.01. The molecule has 1 aromatic carbocycles. The van der Waals surface area contributed by atoms with Gasteiger partial charge in [-0.2, -0.15) is 14.7 Å². The van der Waals surface area contributed by atoms with Crippen LogP contribution in [-0.4, -0.2) is 48.7 Å². The summed E-state index contributed by atoms with van der Waals surface area (Å²) in [5.74, 6) is 0. The predicted octanol–water partition coefficient (Wildman–Crippen LogP) is 0.338. The molecule has 2 aromatic rings. The van der Waals surface area contributed by atoms with Gasteiger partial charge >= 0.3 is 0 Å². The average Bonchev–Trinajstić information content (AvgIpc) is 3.06. The third kappa shape index (κ3) is 2.62. The molecule has 0 bridgehead atoms. The number of benzene rings is 1. The van der Waals surface area contributed by atoms with E-state index in [-0.39, 0.29) is 5.03 Å². The largest absolute Gasteiger partial charge is 0.314 e. The molecule has 8 heteroatoms. The summed E-state index contributed by atoms with van der Waals surface area (Å²) in [6, 6.07) is 10.2. The minimum Gasteiger partial charge on any atom is -0.314 e. The third-order valence-corrected chi connectivity index (χ3v) is 5.39. The lowest BCUT2D eigenvalue weighted by atomic mass is 10.2. The van der Waals surface area contributed by atoms with Crippen molar-refractivity contribution in [3.05, 3.63) is 42.1 Å². The van der Waals surface area contributed by atoms with Crippen LogP contribution in [0.5, 0.6) is 0 Å². The Kier molecular flexibility index (Phi) is 3.94. The van der Waals surface area contributed by atoms with Gasteiger partial charge in [0.25, 0.3) is 10.0 Å². The molecule has 0 atom stereocenters. The minimum atomic E-state index is -3.61. The maximum absolute atomic E-state index is 12.8. The van der Waals surface area contributed by atoms with E-state index >= 15 is 0 Å². The first kappa shape index (κ1) is 14.7. The summed E-state index contributed by atoms with van der Waals surface area (Å²) < 4.78 is 28.3. The normalized spacial score (nSPS) is 16.3. The van der Waals surface area contributed by atoms with E-state index < -0.39 is 10.0 Å². The second kappa shape index (κ2) is 5.88. The summed E-state index contributed by atoms with van der Waals surface area (Å²) in [6.45, 7) is 2.14. The molecule has 1 aliphatic rings. The molecule has 0 amide bonds. The van der Waals surface area contributed by atoms with Crippen LogP contribution in [0.15, 0.2) is 41.6 Å². The van der Waals surface area contributed by atoms with Crippen LogP contribution in [0, 0.1) is 11.3 Å². The van der Waals surface area contributed by atoms with E-state index in [1.165, 1.54) is 21.3 Å². The molecule has 1 aromatic heterocycles. The molecule has 1 N–H and O–H groups in total. The van der Waals surface area contributed by atoms with Crippen LogP contribution in [0.1, 0.15) is 5.56 Å². The smallest absolute Gasteiger partial charge is 0.260 e. The van der Waals surface area contributed by atoms with Gasteiger partial charge in [0.15, 0.2) is 5.03 Å². The Morgan fingerprint density at radius 3 is 2.73 bits per heavy atom. The van der Waals surface area contributed by atoms with Crippen LogP contribution < -0.4 is 5.32 Å². The van der Waals surface area contributed by atoms with E-state index in [4.69, 9.17) is 5.26 Å². The fraction of sp³-hybridized carbons (Fsp3) is 0.286. The van der Waals surface area contributed by atoms with E-state index in [0.717, 1.165) is 0 Å². The first-order valence-corrected chi connectivity index (χ1v) is 8.32. The van der Waals surface area contributed by atoms with Crippen LogP contribution in [0.25, 0.3) is 5.69 Å². The van der Waals surface area contributed by atoms with Gasteiger partial charge in [0.05, 0.1) is 23.5 Å². The van der Waals surface area contributed by atoms with E-state index in [1.807, 2.05) is 6.07 Å². The second-order valence-electron chi connectivity index (χ2n) is 4.90. The van der Waals surface area contributed by atoms with Crippen LogP contribution in [0.3, 0.4) is 0 Å². The van der Waals surface area contributed by atoms with Gasteiger partial charge in [-0.3, -0.25) is 0 Å². The molecule has 2 heterocycles. The minimum absolute atomic E-state index is 0.115. The second-order valence-corrected chi connectivity index (χ2v) is 6.78. The molecule has 1 fully saturated rings. The molecule has 1 saturated heterocycles. The van der Waals surface area contributed by atoms with Crippen molar-refractivity contribution < 1.29 is 8.42 Å². The Hall–Kier alpha value is -2.21. The SMILES string of the molecule is N#Cc1cccc(-n2nccc2S(=O)(=O)N2CCNCC2)c1. The highest BCUT2D eigenvalue weighted by Crippen LogP contribution is 2.20. The lowest BCUT2D eigenvalue weighted by Crippen LogP contribution is -2.46. The van der Waals surface area contributed by atoms with Gasteiger partial charge < -0.3 is 5.32 Å². The zero-order valence-corrected chi connectivity index (χ0v) is 12.6. The van der Waals surface area contributed by atoms with Crippen LogP contribution >= 0.6 is 0 Å². The van der Waals surface area contributed by atoms with Crippen molar-refractivity contribution >= 4 is 10.0 Å². The van der Waals surface area contributed by atoms with Crippen molar-refractivity contribution in [3.8, 4) is 11.8 Å². The maximum Gasteiger partial charge on any atom is 0.260 e. The third-order valence-electron chi connectivity index (χ3n) is 3.51. The molecular formula is C14H15N5O2S. The van der Waals surface area contributed by atoms with Gasteiger partial charge in [-0.1, -0.05) is 6.07 Å². The van der Waals surface area contributed by atoms with Gasteiger partial charge in [0.1, 0.15) is 0 Å². The van der Waals surface area contributed by atoms with Crippen molar-refractivity contribution in [3.63, 3.8) is 0 Å². The summed E-state index contributed by atoms with van der Waals surface area (Å²) in [5, 5.41) is 16.3. The molecule has 22 heavy (non-hydrogen) atoms. The van der Waals surface area contributed by atoms with Crippen molar-refractivity contribution in [2.75, 3.05) is 26.2 Å². The molecule has 7 nitrogen and oxygen atoms in total. The Morgan fingerprint density at radius 1 is 1.23 bits per heavy atom.